The molecule has 1 aliphatic heterocycles. The quantitative estimate of drug-likeness (QED) is 0.383. The van der Waals surface area contributed by atoms with Crippen molar-refractivity contribution in [2.45, 2.75) is 50.7 Å². The molecule has 2 unspecified atom stereocenters. The number of rotatable bonds is 10. The monoisotopic (exact) mass is 506 g/mol. The van der Waals surface area contributed by atoms with Gasteiger partial charge >= 0.3 is 11.9 Å². The van der Waals surface area contributed by atoms with Crippen LogP contribution in [0.2, 0.25) is 0 Å². The van der Waals surface area contributed by atoms with Crippen LogP contribution < -0.4 is 0 Å². The van der Waals surface area contributed by atoms with Gasteiger partial charge in [0.05, 0.1) is 19.4 Å². The van der Waals surface area contributed by atoms with Gasteiger partial charge in [0.25, 0.3) is 0 Å². The van der Waals surface area contributed by atoms with Gasteiger partial charge in [-0.1, -0.05) is 60.7 Å². The summed E-state index contributed by atoms with van der Waals surface area (Å²) in [7, 11) is -2.81. The lowest BCUT2D eigenvalue weighted by Gasteiger charge is -2.49. The van der Waals surface area contributed by atoms with E-state index in [1.165, 1.54) is 21.0 Å². The molecular formula is C25H31O9P. The molecule has 0 saturated carbocycles. The molecule has 9 nitrogen and oxygen atoms in total. The minimum atomic E-state index is -4.00. The molecule has 35 heavy (non-hydrogen) atoms. The largest absolute Gasteiger partial charge is 0.462 e. The highest BCUT2D eigenvalue weighted by Crippen LogP contribution is 2.64. The van der Waals surface area contributed by atoms with Crippen molar-refractivity contribution < 1.29 is 42.7 Å². The third-order valence-corrected chi connectivity index (χ3v) is 8.78. The summed E-state index contributed by atoms with van der Waals surface area (Å²) >= 11 is 0. The number of benzene rings is 2. The van der Waals surface area contributed by atoms with Crippen LogP contribution in [-0.4, -0.2) is 60.6 Å². The van der Waals surface area contributed by atoms with Crippen LogP contribution in [0.3, 0.4) is 0 Å². The summed E-state index contributed by atoms with van der Waals surface area (Å²) in [6.07, 6.45) is -3.75. The third kappa shape index (κ3) is 6.57. The Morgan fingerprint density at radius 3 is 1.97 bits per heavy atom. The van der Waals surface area contributed by atoms with E-state index in [0.717, 1.165) is 11.1 Å². The molecule has 1 fully saturated rings. The van der Waals surface area contributed by atoms with E-state index < -0.39 is 49.6 Å². The number of esters is 2. The predicted octanol–water partition coefficient (Wildman–Crippen LogP) is 3.28. The molecule has 5 atom stereocenters. The Hall–Kier alpha value is -2.55. The zero-order valence-corrected chi connectivity index (χ0v) is 20.9. The molecule has 0 bridgehead atoms. The van der Waals surface area contributed by atoms with Crippen molar-refractivity contribution in [1.29, 1.82) is 0 Å². The lowest BCUT2D eigenvalue weighted by Crippen LogP contribution is -2.63. The summed E-state index contributed by atoms with van der Waals surface area (Å²) in [5.74, 6) is -1.29. The second-order valence-electron chi connectivity index (χ2n) is 8.32. The molecule has 0 spiro atoms. The SMILES string of the molecule is COP1(=O)C[C@@H](OC(C)=O)[C@H](OCc2ccccc2)[C@H](OCc2ccccc2)C1(O)COC(C)=O. The second kappa shape index (κ2) is 11.9. The Kier molecular flexibility index (Phi) is 9.21. The molecule has 1 N–H and O–H groups in total. The molecule has 190 valence electrons. The zero-order valence-electron chi connectivity index (χ0n) is 20.0. The number of hydrogen-bond acceptors (Lipinski definition) is 9. The summed E-state index contributed by atoms with van der Waals surface area (Å²) in [5.41, 5.74) is 1.62. The molecule has 0 amide bonds. The summed E-state index contributed by atoms with van der Waals surface area (Å²) in [4.78, 5) is 23.5. The van der Waals surface area contributed by atoms with Crippen LogP contribution in [0.15, 0.2) is 60.7 Å². The van der Waals surface area contributed by atoms with Crippen molar-refractivity contribution >= 4 is 19.3 Å². The van der Waals surface area contributed by atoms with E-state index >= 15 is 0 Å². The summed E-state index contributed by atoms with van der Waals surface area (Å²) in [6.45, 7) is 1.89. The van der Waals surface area contributed by atoms with Gasteiger partial charge in [0.15, 0.2) is 0 Å². The number of hydrogen-bond donors (Lipinski definition) is 1. The van der Waals surface area contributed by atoms with Gasteiger partial charge in [-0.15, -0.1) is 0 Å². The molecule has 1 aliphatic rings. The van der Waals surface area contributed by atoms with E-state index in [4.69, 9.17) is 23.5 Å². The average Bonchev–Trinajstić information content (AvgIpc) is 2.84. The maximum absolute atomic E-state index is 13.9. The van der Waals surface area contributed by atoms with Crippen LogP contribution >= 0.6 is 7.37 Å². The zero-order chi connectivity index (χ0) is 25.5. The summed E-state index contributed by atoms with van der Waals surface area (Å²) < 4.78 is 42.1. The van der Waals surface area contributed by atoms with Crippen LogP contribution in [0.5, 0.6) is 0 Å². The molecule has 0 radical (unpaired) electrons. The molecule has 10 heteroatoms. The van der Waals surface area contributed by atoms with Crippen molar-refractivity contribution in [2.24, 2.45) is 0 Å². The van der Waals surface area contributed by atoms with Crippen molar-refractivity contribution in [1.82, 2.24) is 0 Å². The van der Waals surface area contributed by atoms with Crippen LogP contribution in [-0.2, 0) is 50.8 Å². The van der Waals surface area contributed by atoms with Gasteiger partial charge in [-0.05, 0) is 11.1 Å². The van der Waals surface area contributed by atoms with E-state index in [1.54, 1.807) is 0 Å². The van der Waals surface area contributed by atoms with Gasteiger partial charge in [0, 0.05) is 21.0 Å². The summed E-state index contributed by atoms with van der Waals surface area (Å²) in [5, 5.41) is 9.54. The topological polar surface area (TPSA) is 118 Å². The first-order valence-corrected chi connectivity index (χ1v) is 13.0. The molecule has 0 aromatic heterocycles. The maximum atomic E-state index is 13.9. The standard InChI is InChI=1S/C25H31O9P/c1-18(26)33-17-25(28)24(32-15-21-12-8-5-9-13-21)23(31-14-20-10-6-4-7-11-20)22(34-19(2)27)16-35(25,29)30-3/h4-13,22-24,28H,14-17H2,1-3H3/t22-,23+,24+,25?,35?/m1/s1. The molecule has 1 heterocycles. The van der Waals surface area contributed by atoms with E-state index in [0.29, 0.717) is 0 Å². The number of carbonyl (C=O) groups excluding carboxylic acids is 2. The smallest absolute Gasteiger partial charge is 0.303 e. The lowest BCUT2D eigenvalue weighted by molar-refractivity contribution is -0.206. The van der Waals surface area contributed by atoms with Gasteiger partial charge in [-0.2, -0.15) is 0 Å². The maximum Gasteiger partial charge on any atom is 0.303 e. The fourth-order valence-electron chi connectivity index (χ4n) is 4.04. The van der Waals surface area contributed by atoms with Crippen LogP contribution in [0, 0.1) is 0 Å². The number of carbonyl (C=O) groups is 2. The molecule has 2 aromatic rings. The summed E-state index contributed by atoms with van der Waals surface area (Å²) in [6, 6.07) is 18.4. The first kappa shape index (κ1) is 27.0. The normalized spacial score (nSPS) is 28.3. The molecular weight excluding hydrogens is 475 g/mol. The van der Waals surface area contributed by atoms with Gasteiger partial charge < -0.3 is 28.6 Å². The van der Waals surface area contributed by atoms with Gasteiger partial charge in [0.2, 0.25) is 12.7 Å². The van der Waals surface area contributed by atoms with Crippen molar-refractivity contribution in [3.05, 3.63) is 71.8 Å². The second-order valence-corrected chi connectivity index (χ2v) is 11.2. The number of aliphatic hydroxyl groups is 1. The molecule has 3 rings (SSSR count). The first-order chi connectivity index (χ1) is 16.7. The van der Waals surface area contributed by atoms with Crippen molar-refractivity contribution in [3.8, 4) is 0 Å². The molecule has 1 saturated heterocycles. The van der Waals surface area contributed by atoms with E-state index in [1.807, 2.05) is 60.7 Å². The molecule has 2 aromatic carbocycles. The minimum Gasteiger partial charge on any atom is -0.462 e. The Bertz CT molecular complexity index is 1030. The third-order valence-electron chi connectivity index (χ3n) is 5.79. The van der Waals surface area contributed by atoms with Crippen LogP contribution in [0.4, 0.5) is 0 Å². The van der Waals surface area contributed by atoms with Crippen LogP contribution in [0.1, 0.15) is 25.0 Å². The van der Waals surface area contributed by atoms with Crippen LogP contribution in [0.25, 0.3) is 0 Å². The van der Waals surface area contributed by atoms with Crippen molar-refractivity contribution in [2.75, 3.05) is 19.9 Å². The highest BCUT2D eigenvalue weighted by Gasteiger charge is 2.64. The Morgan fingerprint density at radius 2 is 1.49 bits per heavy atom. The Morgan fingerprint density at radius 1 is 0.943 bits per heavy atom. The highest BCUT2D eigenvalue weighted by molar-refractivity contribution is 7.60. The van der Waals surface area contributed by atoms with E-state index in [-0.39, 0.29) is 19.4 Å². The first-order valence-electron chi connectivity index (χ1n) is 11.2. The van der Waals surface area contributed by atoms with E-state index in [9.17, 15) is 19.3 Å². The number of ether oxygens (including phenoxy) is 4. The van der Waals surface area contributed by atoms with Crippen molar-refractivity contribution in [3.63, 3.8) is 0 Å². The predicted molar refractivity (Wildman–Crippen MR) is 127 cm³/mol. The molecule has 0 aliphatic carbocycles. The highest BCUT2D eigenvalue weighted by atomic mass is 31.2. The van der Waals surface area contributed by atoms with Gasteiger partial charge in [-0.3, -0.25) is 14.2 Å². The fourth-order valence-corrected chi connectivity index (χ4v) is 6.45. The average molecular weight is 506 g/mol. The van der Waals surface area contributed by atoms with Gasteiger partial charge in [-0.25, -0.2) is 0 Å². The lowest BCUT2D eigenvalue weighted by atomic mass is 10.0. The Balaban J connectivity index is 2.01. The fraction of sp³-hybridized carbons (Fsp3) is 0.440. The Labute approximate surface area is 204 Å². The minimum absolute atomic E-state index is 0.0234. The van der Waals surface area contributed by atoms with E-state index in [2.05, 4.69) is 0 Å². The van der Waals surface area contributed by atoms with Gasteiger partial charge in [0.1, 0.15) is 24.9 Å².